The Bertz CT molecular complexity index is 993. The quantitative estimate of drug-likeness (QED) is 0.381. The second-order valence-corrected chi connectivity index (χ2v) is 14.2. The molecule has 0 spiro atoms. The molecule has 2 saturated heterocycles. The fourth-order valence-corrected chi connectivity index (χ4v) is 7.60. The lowest BCUT2D eigenvalue weighted by Crippen LogP contribution is -2.43. The van der Waals surface area contributed by atoms with Crippen LogP contribution in [0.25, 0.3) is 0 Å². The van der Waals surface area contributed by atoms with Crippen molar-refractivity contribution >= 4 is 15.8 Å². The van der Waals surface area contributed by atoms with Crippen molar-refractivity contribution in [1.29, 1.82) is 0 Å². The van der Waals surface area contributed by atoms with Gasteiger partial charge in [-0.25, -0.2) is 12.7 Å². The topological polar surface area (TPSA) is 70.2 Å². The first kappa shape index (κ1) is 32.0. The first-order valence-electron chi connectivity index (χ1n) is 15.2. The molecule has 0 amide bonds. The predicted molar refractivity (Wildman–Crippen MR) is 159 cm³/mol. The second kappa shape index (κ2) is 15.5. The first-order chi connectivity index (χ1) is 18.6. The molecule has 1 aromatic rings. The number of likely N-dealkylation sites (tertiary alicyclic amines) is 2. The molecule has 2 aliphatic heterocycles. The molecule has 3 aliphatic rings. The summed E-state index contributed by atoms with van der Waals surface area (Å²) in [5.41, 5.74) is 0.619. The van der Waals surface area contributed by atoms with Crippen molar-refractivity contribution in [3.05, 3.63) is 23.8 Å². The maximum atomic E-state index is 12.3. The second-order valence-electron chi connectivity index (χ2n) is 12.1. The van der Waals surface area contributed by atoms with Gasteiger partial charge >= 0.3 is 0 Å². The van der Waals surface area contributed by atoms with E-state index in [-0.39, 0.29) is 23.6 Å². The van der Waals surface area contributed by atoms with Crippen molar-refractivity contribution in [3.8, 4) is 5.75 Å². The number of aryl methyl sites for hydroxylation is 1. The SMILES string of the molecule is CC1CCC(N2CCC(CCN3CCCC3)CC2)CC1.COc1ccc(S(=O)(=O)N(C)CCC(C)=O)c(C)c1. The molecule has 4 rings (SSSR count). The number of methoxy groups -OCH3 is 1. The molecule has 1 aromatic carbocycles. The molecule has 8 heteroatoms. The van der Waals surface area contributed by atoms with Gasteiger partial charge < -0.3 is 14.5 Å². The summed E-state index contributed by atoms with van der Waals surface area (Å²) in [6.07, 6.45) is 13.4. The third kappa shape index (κ3) is 9.83. The zero-order valence-electron chi connectivity index (χ0n) is 25.2. The molecular formula is C31H53N3O4S. The van der Waals surface area contributed by atoms with Crippen LogP contribution in [0, 0.1) is 18.8 Å². The minimum atomic E-state index is -3.56. The van der Waals surface area contributed by atoms with E-state index < -0.39 is 10.0 Å². The molecule has 7 nitrogen and oxygen atoms in total. The van der Waals surface area contributed by atoms with Gasteiger partial charge in [0, 0.05) is 26.1 Å². The highest BCUT2D eigenvalue weighted by molar-refractivity contribution is 7.89. The van der Waals surface area contributed by atoms with E-state index in [1.165, 1.54) is 122 Å². The Morgan fingerprint density at radius 3 is 2.23 bits per heavy atom. The molecule has 0 N–H and O–H groups in total. The highest BCUT2D eigenvalue weighted by Crippen LogP contribution is 2.31. The highest BCUT2D eigenvalue weighted by atomic mass is 32.2. The summed E-state index contributed by atoms with van der Waals surface area (Å²) in [7, 11) is -0.561. The van der Waals surface area contributed by atoms with Crippen molar-refractivity contribution < 1.29 is 17.9 Å². The summed E-state index contributed by atoms with van der Waals surface area (Å²) in [6.45, 7) is 12.7. The average molecular weight is 564 g/mol. The molecular weight excluding hydrogens is 510 g/mol. The van der Waals surface area contributed by atoms with Crippen molar-refractivity contribution in [1.82, 2.24) is 14.1 Å². The van der Waals surface area contributed by atoms with E-state index in [0.717, 1.165) is 17.9 Å². The zero-order valence-corrected chi connectivity index (χ0v) is 26.0. The summed E-state index contributed by atoms with van der Waals surface area (Å²) in [5, 5.41) is 0. The summed E-state index contributed by atoms with van der Waals surface area (Å²) < 4.78 is 30.9. The van der Waals surface area contributed by atoms with Gasteiger partial charge in [0.2, 0.25) is 10.0 Å². The molecule has 2 heterocycles. The molecule has 0 aromatic heterocycles. The molecule has 39 heavy (non-hydrogen) atoms. The van der Waals surface area contributed by atoms with Crippen molar-refractivity contribution in [2.24, 2.45) is 11.8 Å². The van der Waals surface area contributed by atoms with E-state index in [1.807, 2.05) is 0 Å². The number of benzene rings is 1. The number of carbonyl (C=O) groups excluding carboxylic acids is 1. The number of hydrogen-bond donors (Lipinski definition) is 0. The predicted octanol–water partition coefficient (Wildman–Crippen LogP) is 5.37. The van der Waals surface area contributed by atoms with Crippen LogP contribution >= 0.6 is 0 Å². The average Bonchev–Trinajstić information content (AvgIpc) is 3.45. The Morgan fingerprint density at radius 2 is 1.67 bits per heavy atom. The largest absolute Gasteiger partial charge is 0.497 e. The third-order valence-electron chi connectivity index (χ3n) is 9.05. The number of piperidine rings is 1. The smallest absolute Gasteiger partial charge is 0.243 e. The number of ether oxygens (including phenoxy) is 1. The Labute approximate surface area is 238 Å². The molecule has 3 fully saturated rings. The van der Waals surface area contributed by atoms with Crippen LogP contribution in [0.15, 0.2) is 23.1 Å². The highest BCUT2D eigenvalue weighted by Gasteiger charge is 2.28. The van der Waals surface area contributed by atoms with Crippen LogP contribution in [0.4, 0.5) is 0 Å². The Balaban J connectivity index is 0.000000216. The summed E-state index contributed by atoms with van der Waals surface area (Å²) in [6, 6.07) is 5.74. The third-order valence-corrected chi connectivity index (χ3v) is 11.1. The Kier molecular flexibility index (Phi) is 12.7. The van der Waals surface area contributed by atoms with E-state index in [0.29, 0.717) is 11.3 Å². The summed E-state index contributed by atoms with van der Waals surface area (Å²) >= 11 is 0. The van der Waals surface area contributed by atoms with Gasteiger partial charge in [-0.3, -0.25) is 4.79 Å². The van der Waals surface area contributed by atoms with Crippen LogP contribution in [0.1, 0.15) is 83.6 Å². The normalized spacial score (nSPS) is 23.4. The lowest BCUT2D eigenvalue weighted by Gasteiger charge is -2.40. The zero-order chi connectivity index (χ0) is 28.4. The molecule has 0 radical (unpaired) electrons. The molecule has 0 unspecified atom stereocenters. The van der Waals surface area contributed by atoms with Crippen molar-refractivity contribution in [3.63, 3.8) is 0 Å². The van der Waals surface area contributed by atoms with Crippen LogP contribution in [-0.4, -0.2) is 87.8 Å². The van der Waals surface area contributed by atoms with Gasteiger partial charge in [-0.05, 0) is 140 Å². The maximum absolute atomic E-state index is 12.3. The van der Waals surface area contributed by atoms with Crippen LogP contribution in [0.3, 0.4) is 0 Å². The van der Waals surface area contributed by atoms with Gasteiger partial charge in [0.25, 0.3) is 0 Å². The fourth-order valence-electron chi connectivity index (χ4n) is 6.23. The molecule has 0 atom stereocenters. The van der Waals surface area contributed by atoms with Gasteiger partial charge in [0.05, 0.1) is 12.0 Å². The van der Waals surface area contributed by atoms with Gasteiger partial charge in [-0.1, -0.05) is 6.92 Å². The van der Waals surface area contributed by atoms with Crippen LogP contribution in [0.5, 0.6) is 5.75 Å². The fraction of sp³-hybridized carbons (Fsp3) is 0.774. The van der Waals surface area contributed by atoms with Crippen molar-refractivity contribution in [2.75, 3.05) is 53.4 Å². The number of rotatable bonds is 10. The number of nitrogens with zero attached hydrogens (tertiary/aromatic N) is 3. The number of Topliss-reactive ketones (excluding diaryl/α,β-unsaturated/α-hetero) is 1. The van der Waals surface area contributed by atoms with Gasteiger partial charge in [-0.15, -0.1) is 0 Å². The molecule has 1 aliphatic carbocycles. The van der Waals surface area contributed by atoms with E-state index in [4.69, 9.17) is 4.74 Å². The van der Waals surface area contributed by atoms with E-state index in [2.05, 4.69) is 16.7 Å². The summed E-state index contributed by atoms with van der Waals surface area (Å²) in [5.74, 6) is 2.59. The van der Waals surface area contributed by atoms with Gasteiger partial charge in [-0.2, -0.15) is 0 Å². The summed E-state index contributed by atoms with van der Waals surface area (Å²) in [4.78, 5) is 16.7. The lowest BCUT2D eigenvalue weighted by atomic mass is 9.84. The minimum absolute atomic E-state index is 0.0338. The Morgan fingerprint density at radius 1 is 1.03 bits per heavy atom. The number of ketones is 1. The monoisotopic (exact) mass is 563 g/mol. The van der Waals surface area contributed by atoms with Crippen LogP contribution in [-0.2, 0) is 14.8 Å². The number of sulfonamides is 1. The van der Waals surface area contributed by atoms with Crippen molar-refractivity contribution in [2.45, 2.75) is 95.9 Å². The molecule has 0 bridgehead atoms. The number of hydrogen-bond acceptors (Lipinski definition) is 6. The van der Waals surface area contributed by atoms with E-state index >= 15 is 0 Å². The molecule has 1 saturated carbocycles. The minimum Gasteiger partial charge on any atom is -0.497 e. The maximum Gasteiger partial charge on any atom is 0.243 e. The van der Waals surface area contributed by atoms with Crippen LogP contribution < -0.4 is 4.74 Å². The van der Waals surface area contributed by atoms with E-state index in [1.54, 1.807) is 19.1 Å². The van der Waals surface area contributed by atoms with Crippen LogP contribution in [0.2, 0.25) is 0 Å². The lowest BCUT2D eigenvalue weighted by molar-refractivity contribution is -0.117. The molecule has 222 valence electrons. The standard InChI is InChI=1S/C18H34N2.C13H19NO4S/c1-16-4-6-18(7-5-16)20-14-9-17(10-15-20)8-13-19-11-2-3-12-19;1-10-9-12(18-4)5-6-13(10)19(16,17)14(3)8-7-11(2)15/h16-18H,2-15H2,1H3;5-6,9H,7-8H2,1-4H3. The first-order valence-corrected chi connectivity index (χ1v) is 16.6. The van der Waals surface area contributed by atoms with Gasteiger partial charge in [0.15, 0.2) is 0 Å². The Hall–Kier alpha value is -1.48. The van der Waals surface area contributed by atoms with Gasteiger partial charge in [0.1, 0.15) is 11.5 Å². The van der Waals surface area contributed by atoms with E-state index in [9.17, 15) is 13.2 Å². The number of carbonyl (C=O) groups is 1.